The van der Waals surface area contributed by atoms with E-state index in [9.17, 15) is 0 Å². The Morgan fingerprint density at radius 1 is 1.44 bits per heavy atom. The topological polar surface area (TPSA) is 48.7 Å². The van der Waals surface area contributed by atoms with Crippen molar-refractivity contribution in [3.63, 3.8) is 0 Å². The lowest BCUT2D eigenvalue weighted by molar-refractivity contribution is 0.319. The lowest BCUT2D eigenvalue weighted by Crippen LogP contribution is -2.25. The van der Waals surface area contributed by atoms with Crippen molar-refractivity contribution in [3.05, 3.63) is 23.9 Å². The molecule has 16 heavy (non-hydrogen) atoms. The zero-order valence-electron chi connectivity index (χ0n) is 9.24. The second-order valence-electron chi connectivity index (χ2n) is 4.77. The van der Waals surface area contributed by atoms with Gasteiger partial charge in [-0.3, -0.25) is 0 Å². The number of hydrogen-bond donors (Lipinski definition) is 1. The molecule has 3 rings (SSSR count). The predicted octanol–water partition coefficient (Wildman–Crippen LogP) is 1.53. The lowest BCUT2D eigenvalue weighted by atomic mass is 10.2. The van der Waals surface area contributed by atoms with Crippen LogP contribution in [-0.4, -0.2) is 29.5 Å². The molecule has 84 valence electrons. The first kappa shape index (κ1) is 9.63. The monoisotopic (exact) mass is 217 g/mol. The van der Waals surface area contributed by atoms with Crippen LogP contribution in [0.15, 0.2) is 23.5 Å². The van der Waals surface area contributed by atoms with Gasteiger partial charge in [0.2, 0.25) is 0 Å². The zero-order valence-corrected chi connectivity index (χ0v) is 9.24. The Kier molecular flexibility index (Phi) is 2.09. The predicted molar refractivity (Wildman–Crippen MR) is 61.9 cm³/mol. The highest BCUT2D eigenvalue weighted by molar-refractivity contribution is 5.67. The van der Waals surface area contributed by atoms with Gasteiger partial charge in [0.05, 0.1) is 0 Å². The van der Waals surface area contributed by atoms with Crippen LogP contribution < -0.4 is 4.90 Å². The fourth-order valence-corrected chi connectivity index (χ4v) is 2.70. The van der Waals surface area contributed by atoms with Crippen molar-refractivity contribution in [1.29, 1.82) is 0 Å². The largest absolute Gasteiger partial charge is 0.411 e. The van der Waals surface area contributed by atoms with Gasteiger partial charge in [0.15, 0.2) is 0 Å². The van der Waals surface area contributed by atoms with Crippen LogP contribution in [0.25, 0.3) is 0 Å². The summed E-state index contributed by atoms with van der Waals surface area (Å²) in [6.45, 7) is 4.13. The average Bonchev–Trinajstić information content (AvgIpc) is 2.76. The summed E-state index contributed by atoms with van der Waals surface area (Å²) in [6.07, 6.45) is 3.58. The maximum Gasteiger partial charge on any atom is 0.128 e. The third-order valence-corrected chi connectivity index (χ3v) is 3.72. The van der Waals surface area contributed by atoms with Gasteiger partial charge in [-0.15, -0.1) is 5.16 Å². The molecule has 3 atom stereocenters. The Balaban J connectivity index is 1.67. The quantitative estimate of drug-likeness (QED) is 0.464. The Hall–Kier alpha value is -1.58. The smallest absolute Gasteiger partial charge is 0.128 e. The van der Waals surface area contributed by atoms with Crippen LogP contribution in [0, 0.1) is 24.7 Å². The van der Waals surface area contributed by atoms with Crippen LogP contribution >= 0.6 is 0 Å². The van der Waals surface area contributed by atoms with E-state index in [1.165, 1.54) is 5.56 Å². The first-order chi connectivity index (χ1) is 7.79. The Bertz CT molecular complexity index is 403. The summed E-state index contributed by atoms with van der Waals surface area (Å²) in [7, 11) is 0. The molecule has 2 aliphatic rings. The molecule has 1 saturated heterocycles. The summed E-state index contributed by atoms with van der Waals surface area (Å²) in [6, 6.07) is 4.17. The molecule has 1 aromatic rings. The zero-order chi connectivity index (χ0) is 11.1. The van der Waals surface area contributed by atoms with Crippen molar-refractivity contribution in [2.24, 2.45) is 22.9 Å². The third-order valence-electron chi connectivity index (χ3n) is 3.72. The number of nitrogens with zero attached hydrogens (tertiary/aromatic N) is 3. The van der Waals surface area contributed by atoms with Crippen LogP contribution in [0.2, 0.25) is 0 Å². The molecule has 1 aliphatic heterocycles. The first-order valence-corrected chi connectivity index (χ1v) is 5.65. The van der Waals surface area contributed by atoms with Gasteiger partial charge >= 0.3 is 0 Å². The standard InChI is InChI=1S/C12H15N3O/c1-8-2-3-12(13-4-8)15-6-10-9(5-14-16)11(10)7-15/h2-5,9-11,16H,6-7H2,1H3/b14-5+/t9?,10-,11+. The molecule has 1 N–H and O–H groups in total. The average molecular weight is 217 g/mol. The van der Waals surface area contributed by atoms with Crippen LogP contribution in [0.3, 0.4) is 0 Å². The van der Waals surface area contributed by atoms with Gasteiger partial charge in [-0.1, -0.05) is 6.07 Å². The second kappa shape index (κ2) is 3.47. The number of hydrogen-bond acceptors (Lipinski definition) is 4. The number of oxime groups is 1. The number of pyridine rings is 1. The van der Waals surface area contributed by atoms with Crippen molar-refractivity contribution >= 4 is 12.0 Å². The summed E-state index contributed by atoms with van der Waals surface area (Å²) in [5.41, 5.74) is 1.19. The van der Waals surface area contributed by atoms with Crippen LogP contribution in [0.5, 0.6) is 0 Å². The SMILES string of the molecule is Cc1ccc(N2C[C@@H]3C(/C=N/O)[C@@H]3C2)nc1. The van der Waals surface area contributed by atoms with Gasteiger partial charge < -0.3 is 10.1 Å². The van der Waals surface area contributed by atoms with Gasteiger partial charge in [-0.2, -0.15) is 0 Å². The normalized spacial score (nSPS) is 32.1. The highest BCUT2D eigenvalue weighted by atomic mass is 16.4. The van der Waals surface area contributed by atoms with Gasteiger partial charge in [0.1, 0.15) is 5.82 Å². The number of aryl methyl sites for hydroxylation is 1. The molecule has 1 saturated carbocycles. The third kappa shape index (κ3) is 1.45. The van der Waals surface area contributed by atoms with E-state index in [2.05, 4.69) is 27.2 Å². The Morgan fingerprint density at radius 3 is 2.75 bits per heavy atom. The molecule has 4 heteroatoms. The van der Waals surface area contributed by atoms with Crippen molar-refractivity contribution < 1.29 is 5.21 Å². The molecule has 0 bridgehead atoms. The number of rotatable bonds is 2. The lowest BCUT2D eigenvalue weighted by Gasteiger charge is -2.19. The van der Waals surface area contributed by atoms with E-state index in [4.69, 9.17) is 5.21 Å². The molecule has 1 aromatic heterocycles. The molecule has 4 nitrogen and oxygen atoms in total. The molecule has 0 amide bonds. The van der Waals surface area contributed by atoms with Crippen molar-refractivity contribution in [1.82, 2.24) is 4.98 Å². The Morgan fingerprint density at radius 2 is 2.19 bits per heavy atom. The minimum absolute atomic E-state index is 0.492. The van der Waals surface area contributed by atoms with Crippen LogP contribution in [0.1, 0.15) is 5.56 Å². The summed E-state index contributed by atoms with van der Waals surface area (Å²) >= 11 is 0. The molecule has 0 aromatic carbocycles. The van der Waals surface area contributed by atoms with E-state index >= 15 is 0 Å². The van der Waals surface area contributed by atoms with Crippen molar-refractivity contribution in [3.8, 4) is 0 Å². The highest BCUT2D eigenvalue weighted by Crippen LogP contribution is 2.51. The van der Waals surface area contributed by atoms with E-state index in [1.54, 1.807) is 6.21 Å². The maximum atomic E-state index is 8.49. The van der Waals surface area contributed by atoms with E-state index < -0.39 is 0 Å². The second-order valence-corrected chi connectivity index (χ2v) is 4.77. The van der Waals surface area contributed by atoms with Crippen LogP contribution in [-0.2, 0) is 0 Å². The van der Waals surface area contributed by atoms with E-state index in [0.717, 1.165) is 18.9 Å². The molecule has 2 fully saturated rings. The number of fused-ring (bicyclic) bond motifs is 1. The van der Waals surface area contributed by atoms with Gasteiger partial charge in [0, 0.05) is 31.4 Å². The summed E-state index contributed by atoms with van der Waals surface area (Å²) in [5, 5.41) is 11.6. The van der Waals surface area contributed by atoms with E-state index in [0.29, 0.717) is 17.8 Å². The minimum Gasteiger partial charge on any atom is -0.411 e. The van der Waals surface area contributed by atoms with Crippen molar-refractivity contribution in [2.75, 3.05) is 18.0 Å². The molecular formula is C12H15N3O. The molecule has 1 aliphatic carbocycles. The fraction of sp³-hybridized carbons (Fsp3) is 0.500. The molecule has 1 unspecified atom stereocenters. The van der Waals surface area contributed by atoms with E-state index in [-0.39, 0.29) is 0 Å². The number of aromatic nitrogens is 1. The van der Waals surface area contributed by atoms with Gasteiger partial charge in [-0.25, -0.2) is 4.98 Å². The number of anilines is 1. The van der Waals surface area contributed by atoms with Gasteiger partial charge in [-0.05, 0) is 30.4 Å². The summed E-state index contributed by atoms with van der Waals surface area (Å²) < 4.78 is 0. The first-order valence-electron chi connectivity index (χ1n) is 5.65. The Labute approximate surface area is 94.6 Å². The molecule has 0 radical (unpaired) electrons. The maximum absolute atomic E-state index is 8.49. The molecular weight excluding hydrogens is 202 g/mol. The van der Waals surface area contributed by atoms with Crippen LogP contribution in [0.4, 0.5) is 5.82 Å². The molecule has 0 spiro atoms. The minimum atomic E-state index is 0.492. The highest BCUT2D eigenvalue weighted by Gasteiger charge is 2.55. The van der Waals surface area contributed by atoms with Gasteiger partial charge in [0.25, 0.3) is 0 Å². The summed E-state index contributed by atoms with van der Waals surface area (Å²) in [5.74, 6) is 2.89. The number of piperidine rings is 1. The summed E-state index contributed by atoms with van der Waals surface area (Å²) in [4.78, 5) is 6.75. The fourth-order valence-electron chi connectivity index (χ4n) is 2.70. The van der Waals surface area contributed by atoms with E-state index in [1.807, 2.05) is 13.1 Å². The van der Waals surface area contributed by atoms with Crippen molar-refractivity contribution in [2.45, 2.75) is 6.92 Å². The molecule has 2 heterocycles.